The molecular weight excluding hydrogens is 293 g/mol. The number of hydrogen-bond donors (Lipinski definition) is 0. The summed E-state index contributed by atoms with van der Waals surface area (Å²) in [6.45, 7) is 3.72. The van der Waals surface area contributed by atoms with Gasteiger partial charge < -0.3 is 0 Å². The van der Waals surface area contributed by atoms with Crippen molar-refractivity contribution in [1.29, 1.82) is 0 Å². The molecule has 0 aliphatic carbocycles. The van der Waals surface area contributed by atoms with Gasteiger partial charge in [-0.2, -0.15) is 17.7 Å². The maximum absolute atomic E-state index is 12.6. The Morgan fingerprint density at radius 1 is 1.09 bits per heavy atom. The second kappa shape index (κ2) is 5.08. The van der Waals surface area contributed by atoms with Crippen molar-refractivity contribution in [1.82, 2.24) is 19.6 Å². The van der Waals surface area contributed by atoms with Crippen molar-refractivity contribution in [3.05, 3.63) is 47.5 Å². The second-order valence-corrected chi connectivity index (χ2v) is 4.92. The highest BCUT2D eigenvalue weighted by atomic mass is 19.4. The number of fused-ring (bicyclic) bond motifs is 1. The molecule has 3 rings (SSSR count). The Morgan fingerprint density at radius 3 is 2.36 bits per heavy atom. The first-order chi connectivity index (χ1) is 10.4. The lowest BCUT2D eigenvalue weighted by Crippen LogP contribution is -2.05. The molecule has 0 aliphatic rings. The SMILES string of the molecule is CCc1nc(-c2ccc(C(F)(F)F)cc2)cc2nc(C)nn12. The largest absolute Gasteiger partial charge is 0.416 e. The topological polar surface area (TPSA) is 43.1 Å². The summed E-state index contributed by atoms with van der Waals surface area (Å²) in [6, 6.07) is 6.68. The van der Waals surface area contributed by atoms with Crippen molar-refractivity contribution in [3.8, 4) is 11.3 Å². The van der Waals surface area contributed by atoms with Gasteiger partial charge in [0.1, 0.15) is 11.6 Å². The number of nitrogens with zero attached hydrogens (tertiary/aromatic N) is 4. The summed E-state index contributed by atoms with van der Waals surface area (Å²) in [4.78, 5) is 8.77. The van der Waals surface area contributed by atoms with Gasteiger partial charge in [-0.25, -0.2) is 9.97 Å². The standard InChI is InChI=1S/C15H13F3N4/c1-3-13-20-12(8-14-19-9(2)21-22(13)14)10-4-6-11(7-5-10)15(16,17)18/h4-8H,3H2,1-2H3. The minimum absolute atomic E-state index is 0.588. The molecule has 114 valence electrons. The van der Waals surface area contributed by atoms with Gasteiger partial charge >= 0.3 is 6.18 Å². The van der Waals surface area contributed by atoms with E-state index >= 15 is 0 Å². The van der Waals surface area contributed by atoms with E-state index in [1.54, 1.807) is 17.5 Å². The van der Waals surface area contributed by atoms with Gasteiger partial charge in [0.05, 0.1) is 11.3 Å². The fourth-order valence-electron chi connectivity index (χ4n) is 2.26. The molecule has 22 heavy (non-hydrogen) atoms. The third-order valence-corrected chi connectivity index (χ3v) is 3.32. The monoisotopic (exact) mass is 306 g/mol. The summed E-state index contributed by atoms with van der Waals surface area (Å²) < 4.78 is 39.5. The molecule has 0 atom stereocenters. The van der Waals surface area contributed by atoms with Crippen molar-refractivity contribution in [2.45, 2.75) is 26.4 Å². The minimum atomic E-state index is -4.34. The molecule has 2 heterocycles. The van der Waals surface area contributed by atoms with Crippen LogP contribution in [0.1, 0.15) is 24.1 Å². The van der Waals surface area contributed by atoms with E-state index < -0.39 is 11.7 Å². The van der Waals surface area contributed by atoms with Gasteiger partial charge in [-0.1, -0.05) is 19.1 Å². The number of benzene rings is 1. The van der Waals surface area contributed by atoms with Gasteiger partial charge in [0.2, 0.25) is 0 Å². The zero-order valence-corrected chi connectivity index (χ0v) is 12.0. The van der Waals surface area contributed by atoms with E-state index in [-0.39, 0.29) is 0 Å². The Morgan fingerprint density at radius 2 is 1.77 bits per heavy atom. The van der Waals surface area contributed by atoms with Gasteiger partial charge in [0.15, 0.2) is 5.65 Å². The highest BCUT2D eigenvalue weighted by molar-refractivity contribution is 5.64. The predicted octanol–water partition coefficient (Wildman–Crippen LogP) is 3.68. The lowest BCUT2D eigenvalue weighted by molar-refractivity contribution is -0.137. The van der Waals surface area contributed by atoms with Crippen LogP contribution in [0, 0.1) is 6.92 Å². The van der Waals surface area contributed by atoms with Crippen molar-refractivity contribution < 1.29 is 13.2 Å². The molecule has 0 unspecified atom stereocenters. The molecule has 0 radical (unpaired) electrons. The van der Waals surface area contributed by atoms with Crippen molar-refractivity contribution in [2.24, 2.45) is 0 Å². The van der Waals surface area contributed by atoms with Gasteiger partial charge in [-0.05, 0) is 19.1 Å². The number of aromatic nitrogens is 4. The fraction of sp³-hybridized carbons (Fsp3) is 0.267. The molecule has 0 N–H and O–H groups in total. The predicted molar refractivity (Wildman–Crippen MR) is 75.3 cm³/mol. The van der Waals surface area contributed by atoms with Crippen LogP contribution >= 0.6 is 0 Å². The molecule has 0 saturated heterocycles. The van der Waals surface area contributed by atoms with Crippen LogP contribution in [0.5, 0.6) is 0 Å². The van der Waals surface area contributed by atoms with Crippen molar-refractivity contribution in [3.63, 3.8) is 0 Å². The molecule has 3 aromatic rings. The Labute approximate surface area is 124 Å². The summed E-state index contributed by atoms with van der Waals surface area (Å²) in [6.07, 6.45) is -3.69. The van der Waals surface area contributed by atoms with Gasteiger partial charge in [0.25, 0.3) is 0 Å². The van der Waals surface area contributed by atoms with Crippen LogP contribution in [0.3, 0.4) is 0 Å². The number of aryl methyl sites for hydroxylation is 2. The number of rotatable bonds is 2. The normalized spacial score (nSPS) is 12.0. The zero-order valence-electron chi connectivity index (χ0n) is 12.0. The Bertz CT molecular complexity index is 819. The summed E-state index contributed by atoms with van der Waals surface area (Å²) in [5, 5.41) is 4.26. The molecule has 0 spiro atoms. The smallest absolute Gasteiger partial charge is 0.233 e. The van der Waals surface area contributed by atoms with Crippen LogP contribution < -0.4 is 0 Å². The van der Waals surface area contributed by atoms with E-state index in [2.05, 4.69) is 15.1 Å². The lowest BCUT2D eigenvalue weighted by Gasteiger charge is -2.08. The number of halogens is 3. The minimum Gasteiger partial charge on any atom is -0.233 e. The molecule has 0 bridgehead atoms. The third-order valence-electron chi connectivity index (χ3n) is 3.32. The molecule has 0 aliphatic heterocycles. The van der Waals surface area contributed by atoms with E-state index in [0.717, 1.165) is 12.1 Å². The van der Waals surface area contributed by atoms with Crippen LogP contribution in [0.2, 0.25) is 0 Å². The zero-order chi connectivity index (χ0) is 15.9. The van der Waals surface area contributed by atoms with Crippen molar-refractivity contribution in [2.75, 3.05) is 0 Å². The summed E-state index contributed by atoms with van der Waals surface area (Å²) in [5.74, 6) is 1.34. The van der Waals surface area contributed by atoms with E-state index in [0.29, 0.717) is 35.0 Å². The van der Waals surface area contributed by atoms with Gasteiger partial charge in [-0.15, -0.1) is 5.10 Å². The summed E-state index contributed by atoms with van der Waals surface area (Å²) >= 11 is 0. The van der Waals surface area contributed by atoms with E-state index in [9.17, 15) is 13.2 Å². The average Bonchev–Trinajstić information content (AvgIpc) is 2.85. The molecule has 0 saturated carbocycles. The van der Waals surface area contributed by atoms with Gasteiger partial charge in [0, 0.05) is 18.1 Å². The van der Waals surface area contributed by atoms with Crippen LogP contribution in [0.15, 0.2) is 30.3 Å². The second-order valence-electron chi connectivity index (χ2n) is 4.92. The quantitative estimate of drug-likeness (QED) is 0.725. The Hall–Kier alpha value is -2.44. The van der Waals surface area contributed by atoms with Gasteiger partial charge in [-0.3, -0.25) is 0 Å². The van der Waals surface area contributed by atoms with Crippen LogP contribution in [0.25, 0.3) is 16.9 Å². The lowest BCUT2D eigenvalue weighted by atomic mass is 10.1. The molecule has 2 aromatic heterocycles. The summed E-state index contributed by atoms with van der Waals surface area (Å²) in [5.41, 5.74) is 1.17. The molecule has 0 fully saturated rings. The Balaban J connectivity index is 2.09. The number of hydrogen-bond acceptors (Lipinski definition) is 3. The Kier molecular flexibility index (Phi) is 3.35. The molecular formula is C15H13F3N4. The maximum Gasteiger partial charge on any atom is 0.416 e. The first kappa shape index (κ1) is 14.5. The van der Waals surface area contributed by atoms with Crippen LogP contribution in [-0.4, -0.2) is 19.6 Å². The highest BCUT2D eigenvalue weighted by Gasteiger charge is 2.30. The maximum atomic E-state index is 12.6. The summed E-state index contributed by atoms with van der Waals surface area (Å²) in [7, 11) is 0. The first-order valence-electron chi connectivity index (χ1n) is 6.79. The third kappa shape index (κ3) is 2.54. The van der Waals surface area contributed by atoms with Crippen LogP contribution in [-0.2, 0) is 12.6 Å². The van der Waals surface area contributed by atoms with Crippen LogP contribution in [0.4, 0.5) is 13.2 Å². The van der Waals surface area contributed by atoms with E-state index in [4.69, 9.17) is 0 Å². The molecule has 1 aromatic carbocycles. The number of alkyl halides is 3. The molecule has 4 nitrogen and oxygen atoms in total. The van der Waals surface area contributed by atoms with E-state index in [1.807, 2.05) is 6.92 Å². The highest BCUT2D eigenvalue weighted by Crippen LogP contribution is 2.30. The van der Waals surface area contributed by atoms with E-state index in [1.165, 1.54) is 12.1 Å². The fourth-order valence-corrected chi connectivity index (χ4v) is 2.26. The average molecular weight is 306 g/mol. The first-order valence-corrected chi connectivity index (χ1v) is 6.79. The van der Waals surface area contributed by atoms with Crippen molar-refractivity contribution >= 4 is 5.65 Å². The molecule has 7 heteroatoms. The molecule has 0 amide bonds.